The third kappa shape index (κ3) is 3.27. The third-order valence-electron chi connectivity index (χ3n) is 6.97. The predicted molar refractivity (Wildman–Crippen MR) is 146 cm³/mol. The number of aryl methyl sites for hydroxylation is 1. The first-order chi connectivity index (χ1) is 18.9. The number of amides is 2. The minimum atomic E-state index is -1.85. The van der Waals surface area contributed by atoms with Gasteiger partial charge in [-0.3, -0.25) is 19.3 Å². The molecule has 0 N–H and O–H groups in total. The highest BCUT2D eigenvalue weighted by Gasteiger charge is 2.66. The minimum Gasteiger partial charge on any atom is -0.457 e. The maximum atomic E-state index is 14.5. The SMILES string of the molecule is C=CCOC(=O)c1sc(N2C(=O)c3oc4ccccc4c(=O)c3C23C(=O)N(CCC)c2ccccc23)nc1C. The fourth-order valence-electron chi connectivity index (χ4n) is 5.42. The van der Waals surface area contributed by atoms with E-state index in [1.807, 2.05) is 6.92 Å². The van der Waals surface area contributed by atoms with Gasteiger partial charge in [-0.25, -0.2) is 9.78 Å². The van der Waals surface area contributed by atoms with E-state index in [4.69, 9.17) is 9.15 Å². The molecule has 9 nitrogen and oxygen atoms in total. The number of para-hydroxylation sites is 2. The van der Waals surface area contributed by atoms with Gasteiger partial charge < -0.3 is 14.1 Å². The molecule has 1 spiro atoms. The van der Waals surface area contributed by atoms with Crippen LogP contribution in [0.1, 0.15) is 50.4 Å². The molecule has 4 aromatic rings. The van der Waals surface area contributed by atoms with Crippen molar-refractivity contribution in [2.75, 3.05) is 23.0 Å². The highest BCUT2D eigenvalue weighted by molar-refractivity contribution is 7.17. The molecule has 0 aliphatic carbocycles. The number of thiazole rings is 1. The maximum Gasteiger partial charge on any atom is 0.350 e. The maximum absolute atomic E-state index is 14.5. The molecule has 1 unspecified atom stereocenters. The zero-order valence-electron chi connectivity index (χ0n) is 21.2. The van der Waals surface area contributed by atoms with Crippen molar-refractivity contribution in [1.82, 2.24) is 4.98 Å². The Morgan fingerprint density at radius 1 is 1.15 bits per heavy atom. The zero-order valence-corrected chi connectivity index (χ0v) is 22.0. The molecule has 2 aliphatic rings. The summed E-state index contributed by atoms with van der Waals surface area (Å²) in [6, 6.07) is 13.7. The van der Waals surface area contributed by atoms with E-state index >= 15 is 0 Å². The first-order valence-corrected chi connectivity index (χ1v) is 13.3. The summed E-state index contributed by atoms with van der Waals surface area (Å²) < 4.78 is 11.2. The summed E-state index contributed by atoms with van der Waals surface area (Å²) in [4.78, 5) is 63.1. The molecular formula is C29H23N3O6S. The Bertz CT molecular complexity index is 1770. The summed E-state index contributed by atoms with van der Waals surface area (Å²) in [6.45, 7) is 7.51. The number of rotatable bonds is 6. The molecule has 0 fully saturated rings. The zero-order chi connectivity index (χ0) is 27.5. The van der Waals surface area contributed by atoms with Crippen LogP contribution in [0.15, 0.2) is 70.4 Å². The first-order valence-electron chi connectivity index (χ1n) is 12.4. The summed E-state index contributed by atoms with van der Waals surface area (Å²) in [5.41, 5.74) is -0.733. The number of aromatic nitrogens is 1. The highest BCUT2D eigenvalue weighted by atomic mass is 32.1. The summed E-state index contributed by atoms with van der Waals surface area (Å²) in [5, 5.41) is 0.341. The van der Waals surface area contributed by atoms with Gasteiger partial charge in [-0.2, -0.15) is 0 Å². The molecule has 0 bridgehead atoms. The van der Waals surface area contributed by atoms with Crippen LogP contribution in [0.2, 0.25) is 0 Å². The normalized spacial score (nSPS) is 17.7. The van der Waals surface area contributed by atoms with E-state index < -0.39 is 28.8 Å². The lowest BCUT2D eigenvalue weighted by Gasteiger charge is -2.32. The number of esters is 1. The van der Waals surface area contributed by atoms with Crippen molar-refractivity contribution in [3.63, 3.8) is 0 Å². The summed E-state index contributed by atoms with van der Waals surface area (Å²) in [5.74, 6) is -1.98. The van der Waals surface area contributed by atoms with E-state index in [2.05, 4.69) is 11.6 Å². The number of anilines is 2. The fourth-order valence-corrected chi connectivity index (χ4v) is 6.43. The van der Waals surface area contributed by atoms with Crippen LogP contribution in [0.4, 0.5) is 10.8 Å². The fraction of sp³-hybridized carbons (Fsp3) is 0.207. The smallest absolute Gasteiger partial charge is 0.350 e. The van der Waals surface area contributed by atoms with Crippen molar-refractivity contribution in [3.05, 3.63) is 98.9 Å². The topological polar surface area (TPSA) is 110 Å². The number of hydrogen-bond donors (Lipinski definition) is 0. The molecule has 2 amide bonds. The van der Waals surface area contributed by atoms with Gasteiger partial charge in [-0.15, -0.1) is 0 Å². The average molecular weight is 542 g/mol. The monoisotopic (exact) mass is 541 g/mol. The van der Waals surface area contributed by atoms with E-state index in [0.717, 1.165) is 11.3 Å². The molecule has 0 radical (unpaired) electrons. The van der Waals surface area contributed by atoms with Crippen LogP contribution in [0, 0.1) is 6.92 Å². The van der Waals surface area contributed by atoms with Gasteiger partial charge in [0.15, 0.2) is 16.1 Å². The van der Waals surface area contributed by atoms with Gasteiger partial charge in [0.05, 0.1) is 22.3 Å². The van der Waals surface area contributed by atoms with E-state index in [-0.39, 0.29) is 38.9 Å². The van der Waals surface area contributed by atoms with Crippen LogP contribution in [-0.4, -0.2) is 35.9 Å². The van der Waals surface area contributed by atoms with Crippen molar-refractivity contribution in [2.24, 2.45) is 0 Å². The Kier molecular flexibility index (Phi) is 5.72. The molecule has 2 aromatic heterocycles. The van der Waals surface area contributed by atoms with E-state index in [9.17, 15) is 19.2 Å². The van der Waals surface area contributed by atoms with Crippen LogP contribution in [0.25, 0.3) is 11.0 Å². The molecule has 2 aromatic carbocycles. The molecule has 196 valence electrons. The second-order valence-corrected chi connectivity index (χ2v) is 10.2. The summed E-state index contributed by atoms with van der Waals surface area (Å²) in [7, 11) is 0. The van der Waals surface area contributed by atoms with Gasteiger partial charge in [0.2, 0.25) is 5.76 Å². The second kappa shape index (κ2) is 9.02. The number of fused-ring (bicyclic) bond motifs is 5. The molecule has 4 heterocycles. The van der Waals surface area contributed by atoms with Crippen molar-refractivity contribution >= 4 is 50.9 Å². The average Bonchev–Trinajstić information content (AvgIpc) is 3.53. The number of ether oxygens (including phenoxy) is 1. The summed E-state index contributed by atoms with van der Waals surface area (Å²) in [6.07, 6.45) is 2.10. The quantitative estimate of drug-likeness (QED) is 0.260. The molecule has 39 heavy (non-hydrogen) atoms. The number of nitrogens with zero attached hydrogens (tertiary/aromatic N) is 3. The largest absolute Gasteiger partial charge is 0.457 e. The number of benzene rings is 2. The third-order valence-corrected chi connectivity index (χ3v) is 8.10. The molecule has 6 rings (SSSR count). The number of hydrogen-bond acceptors (Lipinski definition) is 8. The Hall–Kier alpha value is -4.57. The van der Waals surface area contributed by atoms with Gasteiger partial charge in [-0.1, -0.05) is 61.2 Å². The molecule has 0 saturated heterocycles. The van der Waals surface area contributed by atoms with Crippen LogP contribution in [0.3, 0.4) is 0 Å². The lowest BCUT2D eigenvalue weighted by Crippen LogP contribution is -2.53. The van der Waals surface area contributed by atoms with Crippen molar-refractivity contribution < 1.29 is 23.5 Å². The van der Waals surface area contributed by atoms with Crippen LogP contribution in [-0.2, 0) is 15.1 Å². The first kappa shape index (κ1) is 24.7. The highest BCUT2D eigenvalue weighted by Crippen LogP contribution is 2.54. The molecule has 2 aliphatic heterocycles. The molecule has 1 atom stereocenters. The van der Waals surface area contributed by atoms with Crippen LogP contribution in [0.5, 0.6) is 0 Å². The Morgan fingerprint density at radius 3 is 2.67 bits per heavy atom. The van der Waals surface area contributed by atoms with Crippen LogP contribution >= 0.6 is 11.3 Å². The molecule has 0 saturated carbocycles. The van der Waals surface area contributed by atoms with Gasteiger partial charge in [-0.05, 0) is 31.5 Å². The van der Waals surface area contributed by atoms with Crippen molar-refractivity contribution in [1.29, 1.82) is 0 Å². The Labute approximate surface area is 226 Å². The van der Waals surface area contributed by atoms with E-state index in [1.54, 1.807) is 60.4 Å². The van der Waals surface area contributed by atoms with E-state index in [0.29, 0.717) is 29.9 Å². The Balaban J connectivity index is 1.68. The van der Waals surface area contributed by atoms with Gasteiger partial charge in [0.25, 0.3) is 11.8 Å². The standard InChI is InChI=1S/C29H23N3O6S/c1-4-14-31-19-12-8-7-11-18(19)29(27(31)36)21-22(33)17-10-6-9-13-20(17)38-23(21)25(34)32(29)28-30-16(3)24(39-28)26(35)37-15-5-2/h5-13H,2,4,14-15H2,1,3H3. The van der Waals surface area contributed by atoms with Crippen molar-refractivity contribution in [3.8, 4) is 0 Å². The van der Waals surface area contributed by atoms with Crippen LogP contribution < -0.4 is 15.2 Å². The number of carbonyl (C=O) groups is 3. The van der Waals surface area contributed by atoms with Gasteiger partial charge >= 0.3 is 5.97 Å². The van der Waals surface area contributed by atoms with Crippen molar-refractivity contribution in [2.45, 2.75) is 25.8 Å². The Morgan fingerprint density at radius 2 is 1.90 bits per heavy atom. The minimum absolute atomic E-state index is 0.00633. The second-order valence-electron chi connectivity index (χ2n) is 9.25. The van der Waals surface area contributed by atoms with Gasteiger partial charge in [0.1, 0.15) is 17.1 Å². The molecule has 10 heteroatoms. The number of carbonyl (C=O) groups excluding carboxylic acids is 3. The lowest BCUT2D eigenvalue weighted by atomic mass is 9.84. The lowest BCUT2D eigenvalue weighted by molar-refractivity contribution is -0.121. The molecular weight excluding hydrogens is 518 g/mol. The summed E-state index contributed by atoms with van der Waals surface area (Å²) >= 11 is 0.923. The predicted octanol–water partition coefficient (Wildman–Crippen LogP) is 4.56. The van der Waals surface area contributed by atoms with Gasteiger partial charge in [0, 0.05) is 12.1 Å². The van der Waals surface area contributed by atoms with E-state index in [1.165, 1.54) is 11.0 Å².